The monoisotopic (exact) mass is 151 g/mol. The molecule has 1 aromatic heterocycles. The maximum Gasteiger partial charge on any atom is 0.0934 e. The third-order valence-corrected chi connectivity index (χ3v) is 1.65. The third-order valence-electron chi connectivity index (χ3n) is 1.65. The first-order valence-electron chi connectivity index (χ1n) is 3.72. The molecule has 1 atom stereocenters. The van der Waals surface area contributed by atoms with Crippen LogP contribution in [0, 0.1) is 13.8 Å². The molecule has 0 aliphatic carbocycles. The Hall–Kier alpha value is -0.890. The zero-order valence-corrected chi connectivity index (χ0v) is 7.13. The van der Waals surface area contributed by atoms with Gasteiger partial charge in [-0.3, -0.25) is 4.98 Å². The van der Waals surface area contributed by atoms with Gasteiger partial charge in [0.15, 0.2) is 0 Å². The van der Waals surface area contributed by atoms with Gasteiger partial charge in [-0.25, -0.2) is 0 Å². The van der Waals surface area contributed by atoms with E-state index in [1.54, 1.807) is 13.1 Å². The van der Waals surface area contributed by atoms with Gasteiger partial charge in [0.1, 0.15) is 0 Å². The van der Waals surface area contributed by atoms with Gasteiger partial charge < -0.3 is 5.11 Å². The standard InChI is InChI=1S/C9H13NO/c1-6-4-7(2)9(8(3)11)10-5-6/h4-5,8,11H,1-3H3/t8-/m1/s1. The van der Waals surface area contributed by atoms with E-state index in [0.29, 0.717) is 0 Å². The van der Waals surface area contributed by atoms with Crippen molar-refractivity contribution >= 4 is 0 Å². The molecule has 1 aromatic rings. The Bertz CT molecular complexity index is 256. The SMILES string of the molecule is Cc1cnc([C@@H](C)O)c(C)c1. The lowest BCUT2D eigenvalue weighted by atomic mass is 10.1. The molecular weight excluding hydrogens is 138 g/mol. The first-order valence-corrected chi connectivity index (χ1v) is 3.72. The summed E-state index contributed by atoms with van der Waals surface area (Å²) in [4.78, 5) is 4.13. The first-order chi connectivity index (χ1) is 5.11. The van der Waals surface area contributed by atoms with Crippen LogP contribution in [0.1, 0.15) is 29.8 Å². The van der Waals surface area contributed by atoms with Crippen LogP contribution in [0.25, 0.3) is 0 Å². The van der Waals surface area contributed by atoms with Crippen molar-refractivity contribution in [3.05, 3.63) is 29.1 Å². The lowest BCUT2D eigenvalue weighted by Crippen LogP contribution is -1.98. The van der Waals surface area contributed by atoms with Gasteiger partial charge in [0.2, 0.25) is 0 Å². The van der Waals surface area contributed by atoms with Crippen LogP contribution in [0.2, 0.25) is 0 Å². The molecule has 1 heterocycles. The zero-order chi connectivity index (χ0) is 8.43. The van der Waals surface area contributed by atoms with E-state index in [-0.39, 0.29) is 0 Å². The minimum absolute atomic E-state index is 0.462. The van der Waals surface area contributed by atoms with Crippen molar-refractivity contribution in [2.24, 2.45) is 0 Å². The summed E-state index contributed by atoms with van der Waals surface area (Å²) in [5, 5.41) is 9.23. The minimum Gasteiger partial charge on any atom is -0.387 e. The molecule has 0 aromatic carbocycles. The minimum atomic E-state index is -0.462. The predicted octanol–water partition coefficient (Wildman–Crippen LogP) is 1.75. The van der Waals surface area contributed by atoms with Crippen molar-refractivity contribution in [1.29, 1.82) is 0 Å². The predicted molar refractivity (Wildman–Crippen MR) is 44.3 cm³/mol. The maximum atomic E-state index is 9.23. The van der Waals surface area contributed by atoms with Crippen LogP contribution >= 0.6 is 0 Å². The summed E-state index contributed by atoms with van der Waals surface area (Å²) in [6, 6.07) is 2.02. The Labute approximate surface area is 66.9 Å². The van der Waals surface area contributed by atoms with Crippen LogP contribution in [-0.4, -0.2) is 10.1 Å². The number of aliphatic hydroxyl groups is 1. The van der Waals surface area contributed by atoms with Crippen molar-refractivity contribution < 1.29 is 5.11 Å². The number of aromatic nitrogens is 1. The van der Waals surface area contributed by atoms with E-state index >= 15 is 0 Å². The summed E-state index contributed by atoms with van der Waals surface area (Å²) in [5.41, 5.74) is 2.96. The average Bonchev–Trinajstić information content (AvgIpc) is 1.85. The van der Waals surface area contributed by atoms with Crippen molar-refractivity contribution in [2.75, 3.05) is 0 Å². The van der Waals surface area contributed by atoms with Gasteiger partial charge in [0.25, 0.3) is 0 Å². The number of hydrogen-bond donors (Lipinski definition) is 1. The lowest BCUT2D eigenvalue weighted by molar-refractivity contribution is 0.193. The average molecular weight is 151 g/mol. The van der Waals surface area contributed by atoms with Crippen LogP contribution in [0.4, 0.5) is 0 Å². The zero-order valence-electron chi connectivity index (χ0n) is 7.13. The van der Waals surface area contributed by atoms with Crippen molar-refractivity contribution in [3.63, 3.8) is 0 Å². The van der Waals surface area contributed by atoms with Gasteiger partial charge in [-0.1, -0.05) is 6.07 Å². The number of pyridine rings is 1. The van der Waals surface area contributed by atoms with Crippen molar-refractivity contribution in [3.8, 4) is 0 Å². The van der Waals surface area contributed by atoms with Crippen LogP contribution < -0.4 is 0 Å². The Morgan fingerprint density at radius 1 is 1.45 bits per heavy atom. The second-order valence-corrected chi connectivity index (χ2v) is 2.89. The number of aryl methyl sites for hydroxylation is 2. The summed E-state index contributed by atoms with van der Waals surface area (Å²) >= 11 is 0. The molecule has 0 saturated carbocycles. The molecule has 60 valence electrons. The van der Waals surface area contributed by atoms with E-state index in [0.717, 1.165) is 16.8 Å². The second kappa shape index (κ2) is 3.01. The van der Waals surface area contributed by atoms with E-state index in [2.05, 4.69) is 4.98 Å². The Kier molecular flexibility index (Phi) is 2.25. The Morgan fingerprint density at radius 2 is 2.09 bits per heavy atom. The second-order valence-electron chi connectivity index (χ2n) is 2.89. The fourth-order valence-electron chi connectivity index (χ4n) is 1.16. The van der Waals surface area contributed by atoms with Gasteiger partial charge in [0, 0.05) is 6.20 Å². The quantitative estimate of drug-likeness (QED) is 0.663. The van der Waals surface area contributed by atoms with E-state index in [9.17, 15) is 5.11 Å². The molecule has 0 unspecified atom stereocenters. The van der Waals surface area contributed by atoms with E-state index in [1.807, 2.05) is 19.9 Å². The molecule has 1 N–H and O–H groups in total. The van der Waals surface area contributed by atoms with E-state index in [1.165, 1.54) is 0 Å². The third kappa shape index (κ3) is 1.77. The van der Waals surface area contributed by atoms with Gasteiger partial charge in [-0.05, 0) is 31.9 Å². The highest BCUT2D eigenvalue weighted by molar-refractivity contribution is 5.24. The molecule has 0 fully saturated rings. The molecule has 0 aliphatic heterocycles. The molecule has 0 amide bonds. The van der Waals surface area contributed by atoms with Gasteiger partial charge >= 0.3 is 0 Å². The summed E-state index contributed by atoms with van der Waals surface area (Å²) in [6.07, 6.45) is 1.31. The number of hydrogen-bond acceptors (Lipinski definition) is 2. The number of aliphatic hydroxyl groups excluding tert-OH is 1. The van der Waals surface area contributed by atoms with Gasteiger partial charge in [0.05, 0.1) is 11.8 Å². The molecule has 2 nitrogen and oxygen atoms in total. The number of rotatable bonds is 1. The molecule has 11 heavy (non-hydrogen) atoms. The largest absolute Gasteiger partial charge is 0.387 e. The molecule has 0 radical (unpaired) electrons. The van der Waals surface area contributed by atoms with Gasteiger partial charge in [-0.2, -0.15) is 0 Å². The Balaban J connectivity index is 3.09. The van der Waals surface area contributed by atoms with Crippen LogP contribution in [0.5, 0.6) is 0 Å². The molecule has 0 spiro atoms. The molecule has 2 heteroatoms. The summed E-state index contributed by atoms with van der Waals surface area (Å²) in [7, 11) is 0. The van der Waals surface area contributed by atoms with E-state index in [4.69, 9.17) is 0 Å². The highest BCUT2D eigenvalue weighted by Crippen LogP contribution is 2.14. The molecule has 0 saturated heterocycles. The van der Waals surface area contributed by atoms with Crippen molar-refractivity contribution in [1.82, 2.24) is 4.98 Å². The smallest absolute Gasteiger partial charge is 0.0934 e. The van der Waals surface area contributed by atoms with Crippen LogP contribution in [-0.2, 0) is 0 Å². The highest BCUT2D eigenvalue weighted by Gasteiger charge is 2.04. The normalized spacial score (nSPS) is 13.1. The fourth-order valence-corrected chi connectivity index (χ4v) is 1.16. The highest BCUT2D eigenvalue weighted by atomic mass is 16.3. The Morgan fingerprint density at radius 3 is 2.55 bits per heavy atom. The van der Waals surface area contributed by atoms with Crippen molar-refractivity contribution in [2.45, 2.75) is 26.9 Å². The van der Waals surface area contributed by atoms with E-state index < -0.39 is 6.10 Å². The fraction of sp³-hybridized carbons (Fsp3) is 0.444. The summed E-state index contributed by atoms with van der Waals surface area (Å²) in [5.74, 6) is 0. The van der Waals surface area contributed by atoms with Crippen LogP contribution in [0.3, 0.4) is 0 Å². The lowest BCUT2D eigenvalue weighted by Gasteiger charge is -2.07. The number of nitrogens with zero attached hydrogens (tertiary/aromatic N) is 1. The molecule has 1 rings (SSSR count). The summed E-state index contributed by atoms with van der Waals surface area (Å²) in [6.45, 7) is 5.68. The molecule has 0 bridgehead atoms. The topological polar surface area (TPSA) is 33.1 Å². The molecular formula is C9H13NO. The first kappa shape index (κ1) is 8.21. The summed E-state index contributed by atoms with van der Waals surface area (Å²) < 4.78 is 0. The van der Waals surface area contributed by atoms with Gasteiger partial charge in [-0.15, -0.1) is 0 Å². The van der Waals surface area contributed by atoms with Crippen LogP contribution in [0.15, 0.2) is 12.3 Å². The maximum absolute atomic E-state index is 9.23. The molecule has 0 aliphatic rings.